The Labute approximate surface area is 127 Å². The zero-order valence-electron chi connectivity index (χ0n) is 10.4. The smallest absolute Gasteiger partial charge is 0.194 e. The molecule has 0 fully saturated rings. The molecule has 2 aromatic rings. The van der Waals surface area contributed by atoms with Crippen molar-refractivity contribution in [3.8, 4) is 0 Å². The van der Waals surface area contributed by atoms with Crippen molar-refractivity contribution in [2.45, 2.75) is 6.04 Å². The van der Waals surface area contributed by atoms with Crippen LogP contribution in [0.25, 0.3) is 0 Å². The number of rotatable bonds is 3. The van der Waals surface area contributed by atoms with E-state index >= 15 is 0 Å². The van der Waals surface area contributed by atoms with Crippen LogP contribution in [0.15, 0.2) is 34.8 Å². The Morgan fingerprint density at radius 3 is 2.30 bits per heavy atom. The molecule has 0 amide bonds. The van der Waals surface area contributed by atoms with Gasteiger partial charge < -0.3 is 5.32 Å². The highest BCUT2D eigenvalue weighted by molar-refractivity contribution is 9.10. The van der Waals surface area contributed by atoms with Crippen LogP contribution < -0.4 is 5.32 Å². The first-order chi connectivity index (χ1) is 9.45. The summed E-state index contributed by atoms with van der Waals surface area (Å²) in [5, 5.41) is 3.25. The quantitative estimate of drug-likeness (QED) is 0.769. The molecule has 6 heteroatoms. The van der Waals surface area contributed by atoms with E-state index in [2.05, 4.69) is 21.2 Å². The maximum absolute atomic E-state index is 13.9. The molecule has 0 aliphatic carbocycles. The lowest BCUT2D eigenvalue weighted by Gasteiger charge is -2.19. The van der Waals surface area contributed by atoms with Gasteiger partial charge in [0.2, 0.25) is 0 Å². The highest BCUT2D eigenvalue weighted by Gasteiger charge is 2.22. The van der Waals surface area contributed by atoms with Crippen molar-refractivity contribution in [2.24, 2.45) is 0 Å². The Balaban J connectivity index is 2.55. The van der Waals surface area contributed by atoms with E-state index in [4.69, 9.17) is 11.6 Å². The third kappa shape index (κ3) is 2.85. The predicted molar refractivity (Wildman–Crippen MR) is 76.4 cm³/mol. The predicted octanol–water partition coefficient (Wildman–Crippen LogP) is 4.83. The summed E-state index contributed by atoms with van der Waals surface area (Å²) in [7, 11) is 1.59. The molecule has 1 nitrogen and oxygen atoms in total. The second-order valence-electron chi connectivity index (χ2n) is 4.15. The van der Waals surface area contributed by atoms with Crippen molar-refractivity contribution in [1.82, 2.24) is 5.32 Å². The molecule has 2 aromatic carbocycles. The van der Waals surface area contributed by atoms with E-state index in [9.17, 15) is 13.2 Å². The van der Waals surface area contributed by atoms with Crippen molar-refractivity contribution in [3.63, 3.8) is 0 Å². The summed E-state index contributed by atoms with van der Waals surface area (Å²) in [6, 6.07) is 6.50. The first kappa shape index (κ1) is 15.4. The van der Waals surface area contributed by atoms with Crippen LogP contribution in [0.5, 0.6) is 0 Å². The van der Waals surface area contributed by atoms with Gasteiger partial charge in [-0.05, 0) is 30.8 Å². The van der Waals surface area contributed by atoms with E-state index in [0.717, 1.165) is 10.5 Å². The summed E-state index contributed by atoms with van der Waals surface area (Å²) in [5.41, 5.74) is 0.567. The van der Waals surface area contributed by atoms with Crippen LogP contribution in [0.2, 0.25) is 5.02 Å². The second-order valence-corrected chi connectivity index (χ2v) is 5.47. The average molecular weight is 365 g/mol. The van der Waals surface area contributed by atoms with Gasteiger partial charge in [0, 0.05) is 15.1 Å². The van der Waals surface area contributed by atoms with Crippen LogP contribution in [-0.2, 0) is 0 Å². The van der Waals surface area contributed by atoms with Crippen molar-refractivity contribution in [1.29, 1.82) is 0 Å². The lowest BCUT2D eigenvalue weighted by Crippen LogP contribution is -2.20. The SMILES string of the molecule is CNC(c1ccc(Br)cc1Cl)c1ccc(F)c(F)c1F. The Kier molecular flexibility index (Phi) is 4.73. The van der Waals surface area contributed by atoms with Gasteiger partial charge in [0.25, 0.3) is 0 Å². The molecule has 1 unspecified atom stereocenters. The monoisotopic (exact) mass is 363 g/mol. The van der Waals surface area contributed by atoms with Crippen LogP contribution in [0.4, 0.5) is 13.2 Å². The Morgan fingerprint density at radius 2 is 1.70 bits per heavy atom. The Morgan fingerprint density at radius 1 is 1.05 bits per heavy atom. The average Bonchev–Trinajstić information content (AvgIpc) is 2.41. The van der Waals surface area contributed by atoms with Crippen molar-refractivity contribution in [2.75, 3.05) is 7.05 Å². The summed E-state index contributed by atoms with van der Waals surface area (Å²) in [6.07, 6.45) is 0. The summed E-state index contributed by atoms with van der Waals surface area (Å²) in [5.74, 6) is -3.93. The van der Waals surface area contributed by atoms with E-state index in [1.54, 1.807) is 25.2 Å². The molecule has 0 aliphatic heterocycles. The number of nitrogens with one attached hydrogen (secondary N) is 1. The van der Waals surface area contributed by atoms with Crippen molar-refractivity contribution in [3.05, 3.63) is 68.4 Å². The highest BCUT2D eigenvalue weighted by atomic mass is 79.9. The van der Waals surface area contributed by atoms with Gasteiger partial charge in [-0.3, -0.25) is 0 Å². The molecule has 0 spiro atoms. The molecule has 106 valence electrons. The first-order valence-corrected chi connectivity index (χ1v) is 6.88. The van der Waals surface area contributed by atoms with E-state index < -0.39 is 23.5 Å². The van der Waals surface area contributed by atoms with Crippen LogP contribution in [0.1, 0.15) is 17.2 Å². The fraction of sp³-hybridized carbons (Fsp3) is 0.143. The van der Waals surface area contributed by atoms with Gasteiger partial charge in [-0.25, -0.2) is 13.2 Å². The molecule has 0 bridgehead atoms. The highest BCUT2D eigenvalue weighted by Crippen LogP contribution is 2.32. The molecule has 0 saturated carbocycles. The lowest BCUT2D eigenvalue weighted by atomic mass is 9.98. The summed E-state index contributed by atoms with van der Waals surface area (Å²) >= 11 is 9.39. The number of hydrogen-bond donors (Lipinski definition) is 1. The normalized spacial score (nSPS) is 12.5. The molecule has 0 radical (unpaired) electrons. The minimum atomic E-state index is -1.49. The third-order valence-electron chi connectivity index (χ3n) is 2.94. The molecule has 1 atom stereocenters. The fourth-order valence-corrected chi connectivity index (χ4v) is 2.76. The molecule has 1 N–H and O–H groups in total. The largest absolute Gasteiger partial charge is 0.309 e. The van der Waals surface area contributed by atoms with Gasteiger partial charge in [-0.15, -0.1) is 0 Å². The van der Waals surface area contributed by atoms with Gasteiger partial charge in [-0.1, -0.05) is 39.7 Å². The van der Waals surface area contributed by atoms with E-state index in [0.29, 0.717) is 10.6 Å². The summed E-state index contributed by atoms with van der Waals surface area (Å²) in [4.78, 5) is 0. The molecule has 20 heavy (non-hydrogen) atoms. The van der Waals surface area contributed by atoms with Gasteiger partial charge in [-0.2, -0.15) is 0 Å². The van der Waals surface area contributed by atoms with Gasteiger partial charge in [0.15, 0.2) is 17.5 Å². The van der Waals surface area contributed by atoms with Crippen LogP contribution in [-0.4, -0.2) is 7.05 Å². The molecule has 0 aromatic heterocycles. The molecule has 0 saturated heterocycles. The standard InChI is InChI=1S/C14H10BrClF3N/c1-20-14(8-3-2-7(15)6-10(8)16)9-4-5-11(17)13(19)12(9)18/h2-6,14,20H,1H3. The van der Waals surface area contributed by atoms with Crippen molar-refractivity contribution >= 4 is 27.5 Å². The van der Waals surface area contributed by atoms with Gasteiger partial charge in [0.05, 0.1) is 6.04 Å². The second kappa shape index (κ2) is 6.16. The molecule has 0 aliphatic rings. The van der Waals surface area contributed by atoms with E-state index in [1.165, 1.54) is 6.07 Å². The molecular formula is C14H10BrClF3N. The lowest BCUT2D eigenvalue weighted by molar-refractivity contribution is 0.435. The number of benzene rings is 2. The molecular weight excluding hydrogens is 355 g/mol. The minimum absolute atomic E-state index is 0.00405. The minimum Gasteiger partial charge on any atom is -0.309 e. The number of hydrogen-bond acceptors (Lipinski definition) is 1. The van der Waals surface area contributed by atoms with Gasteiger partial charge in [0.1, 0.15) is 0 Å². The van der Waals surface area contributed by atoms with Crippen LogP contribution in [0.3, 0.4) is 0 Å². The maximum atomic E-state index is 13.9. The van der Waals surface area contributed by atoms with E-state index in [-0.39, 0.29) is 5.56 Å². The first-order valence-electron chi connectivity index (χ1n) is 5.71. The van der Waals surface area contributed by atoms with Crippen LogP contribution in [0, 0.1) is 17.5 Å². The third-order valence-corrected chi connectivity index (χ3v) is 3.76. The Bertz CT molecular complexity index is 649. The molecule has 0 heterocycles. The summed E-state index contributed by atoms with van der Waals surface area (Å²) in [6.45, 7) is 0. The topological polar surface area (TPSA) is 12.0 Å². The fourth-order valence-electron chi connectivity index (χ4n) is 1.98. The maximum Gasteiger partial charge on any atom is 0.194 e. The number of halogens is 5. The zero-order chi connectivity index (χ0) is 14.9. The van der Waals surface area contributed by atoms with Gasteiger partial charge >= 0.3 is 0 Å². The van der Waals surface area contributed by atoms with Crippen molar-refractivity contribution < 1.29 is 13.2 Å². The molecule has 2 rings (SSSR count). The van der Waals surface area contributed by atoms with Crippen LogP contribution >= 0.6 is 27.5 Å². The van der Waals surface area contributed by atoms with E-state index in [1.807, 2.05) is 0 Å². The zero-order valence-corrected chi connectivity index (χ0v) is 12.7. The Hall–Kier alpha value is -1.04. The summed E-state index contributed by atoms with van der Waals surface area (Å²) < 4.78 is 41.0.